The van der Waals surface area contributed by atoms with Gasteiger partial charge < -0.3 is 7.96 Å². The third kappa shape index (κ3) is 24.7. The fourth-order valence-electron chi connectivity index (χ4n) is 0.227. The molecule has 2 nitrogen and oxygen atoms in total. The van der Waals surface area contributed by atoms with E-state index in [4.69, 9.17) is 9.90 Å². The summed E-state index contributed by atoms with van der Waals surface area (Å²) in [7, 11) is 0. The van der Waals surface area contributed by atoms with E-state index in [0.29, 0.717) is 0 Å². The predicted octanol–water partition coefficient (Wildman–Crippen LogP) is -3.93. The van der Waals surface area contributed by atoms with Gasteiger partial charge in [-0.05, 0) is 10.8 Å². The van der Waals surface area contributed by atoms with E-state index in [1.807, 2.05) is 22.9 Å². The molecule has 5 heteroatoms. The predicted molar refractivity (Wildman–Crippen MR) is 39.9 cm³/mol. The summed E-state index contributed by atoms with van der Waals surface area (Å²) in [6.45, 7) is 1.08. The normalized spacial score (nSPS) is 5.91. The largest absolute Gasteiger partial charge is 1.00 e. The number of hydrogen-bond donors (Lipinski definition) is 1. The van der Waals surface area contributed by atoms with Gasteiger partial charge in [0.15, 0.2) is 0 Å². The zero-order chi connectivity index (χ0) is 7.11. The molecule has 1 heterocycles. The Morgan fingerprint density at radius 2 is 1.64 bits per heavy atom. The van der Waals surface area contributed by atoms with Gasteiger partial charge in [0, 0.05) is 6.92 Å². The first-order valence-electron chi connectivity index (χ1n) is 2.40. The summed E-state index contributed by atoms with van der Waals surface area (Å²) in [5.41, 5.74) is 0. The zero-order valence-electron chi connectivity index (χ0n) is 9.07. The second-order valence-electron chi connectivity index (χ2n) is 1.31. The summed E-state index contributed by atoms with van der Waals surface area (Å²) in [5, 5.41) is 11.5. The summed E-state index contributed by atoms with van der Waals surface area (Å²) >= 11 is 1.71. The third-order valence-electron chi connectivity index (χ3n) is 0.425. The SMILES string of the molecule is CC(=O)O.[H-].[H-].[Na+].[Na+].c1ccsc1. The van der Waals surface area contributed by atoms with Gasteiger partial charge in [-0.25, -0.2) is 0 Å². The molecule has 0 aromatic carbocycles. The van der Waals surface area contributed by atoms with Crippen LogP contribution in [0.1, 0.15) is 9.78 Å². The van der Waals surface area contributed by atoms with Crippen LogP contribution in [0.25, 0.3) is 0 Å². The molecule has 0 saturated heterocycles. The number of hydrogen-bond acceptors (Lipinski definition) is 2. The van der Waals surface area contributed by atoms with E-state index in [0.717, 1.165) is 6.92 Å². The molecule has 54 valence electrons. The zero-order valence-corrected chi connectivity index (χ0v) is 11.9. The van der Waals surface area contributed by atoms with Crippen LogP contribution in [-0.2, 0) is 4.79 Å². The van der Waals surface area contributed by atoms with Gasteiger partial charge in [-0.15, -0.1) is 0 Å². The number of aliphatic carboxylic acids is 1. The Morgan fingerprint density at radius 1 is 1.36 bits per heavy atom. The summed E-state index contributed by atoms with van der Waals surface area (Å²) < 4.78 is 0. The Bertz CT molecular complexity index is 140. The Labute approximate surface area is 118 Å². The molecule has 0 aliphatic rings. The Morgan fingerprint density at radius 3 is 1.73 bits per heavy atom. The summed E-state index contributed by atoms with van der Waals surface area (Å²) in [6, 6.07) is 4.04. The first-order valence-corrected chi connectivity index (χ1v) is 3.34. The van der Waals surface area contributed by atoms with E-state index in [2.05, 4.69) is 0 Å². The molecular formula is C6H10Na2O2S. The standard InChI is InChI=1S/C4H4S.C2H4O2.2Na.2H/c1-2-4-5-3-1;1-2(3)4;;;;/h1-4H;1H3,(H,3,4);;;;/q;;2*+1;2*-1. The fourth-order valence-corrected chi connectivity index (χ4v) is 0.680. The minimum Gasteiger partial charge on any atom is -1.00 e. The van der Waals surface area contributed by atoms with E-state index in [1.165, 1.54) is 0 Å². The third-order valence-corrected chi connectivity index (χ3v) is 1.05. The Balaban J connectivity index is -0.0000000256. The molecule has 0 saturated carbocycles. The monoisotopic (exact) mass is 192 g/mol. The fraction of sp³-hybridized carbons (Fsp3) is 0.167. The number of thiophene rings is 1. The molecule has 11 heavy (non-hydrogen) atoms. The van der Waals surface area contributed by atoms with Gasteiger partial charge in [0.2, 0.25) is 0 Å². The minimum atomic E-state index is -0.833. The molecule has 0 aliphatic carbocycles. The Hall–Kier alpha value is 1.17. The van der Waals surface area contributed by atoms with Crippen LogP contribution in [0.15, 0.2) is 22.9 Å². The van der Waals surface area contributed by atoms with Gasteiger partial charge in [-0.3, -0.25) is 4.79 Å². The molecule has 1 aromatic rings. The van der Waals surface area contributed by atoms with E-state index in [-0.39, 0.29) is 62.0 Å². The van der Waals surface area contributed by atoms with Crippen LogP contribution in [0.3, 0.4) is 0 Å². The summed E-state index contributed by atoms with van der Waals surface area (Å²) in [5.74, 6) is -0.833. The summed E-state index contributed by atoms with van der Waals surface area (Å²) in [4.78, 5) is 9.00. The molecule has 0 unspecified atom stereocenters. The number of carbonyl (C=O) groups is 1. The average Bonchev–Trinajstić information content (AvgIpc) is 2.11. The quantitative estimate of drug-likeness (QED) is 0.426. The van der Waals surface area contributed by atoms with Crippen molar-refractivity contribution in [3.63, 3.8) is 0 Å². The molecule has 0 amide bonds. The van der Waals surface area contributed by atoms with Crippen molar-refractivity contribution < 1.29 is 71.9 Å². The van der Waals surface area contributed by atoms with E-state index >= 15 is 0 Å². The first-order chi connectivity index (χ1) is 4.23. The molecule has 1 aromatic heterocycles. The van der Waals surface area contributed by atoms with Crippen LogP contribution in [0.5, 0.6) is 0 Å². The van der Waals surface area contributed by atoms with Gasteiger partial charge >= 0.3 is 59.1 Å². The second-order valence-corrected chi connectivity index (χ2v) is 2.13. The van der Waals surface area contributed by atoms with E-state index in [9.17, 15) is 0 Å². The van der Waals surface area contributed by atoms with Crippen molar-refractivity contribution in [2.45, 2.75) is 6.92 Å². The van der Waals surface area contributed by atoms with Crippen LogP contribution in [0, 0.1) is 0 Å². The molecule has 0 bridgehead atoms. The second kappa shape index (κ2) is 13.7. The molecule has 0 atom stereocenters. The number of rotatable bonds is 0. The maximum Gasteiger partial charge on any atom is 1.00 e. The van der Waals surface area contributed by atoms with Crippen molar-refractivity contribution in [1.29, 1.82) is 0 Å². The van der Waals surface area contributed by atoms with Crippen molar-refractivity contribution in [2.75, 3.05) is 0 Å². The van der Waals surface area contributed by atoms with Crippen LogP contribution in [0.2, 0.25) is 0 Å². The minimum absolute atomic E-state index is 0. The maximum absolute atomic E-state index is 9.00. The van der Waals surface area contributed by atoms with Crippen LogP contribution >= 0.6 is 11.3 Å². The Kier molecular flexibility index (Phi) is 22.6. The molecule has 0 fully saturated rings. The first kappa shape index (κ1) is 18.1. The molecule has 0 radical (unpaired) electrons. The van der Waals surface area contributed by atoms with Crippen LogP contribution in [0.4, 0.5) is 0 Å². The topological polar surface area (TPSA) is 37.3 Å². The van der Waals surface area contributed by atoms with Gasteiger partial charge in [0.25, 0.3) is 5.97 Å². The average molecular weight is 192 g/mol. The van der Waals surface area contributed by atoms with E-state index in [1.54, 1.807) is 11.3 Å². The van der Waals surface area contributed by atoms with Crippen molar-refractivity contribution in [1.82, 2.24) is 0 Å². The molecule has 0 spiro atoms. The van der Waals surface area contributed by atoms with Gasteiger partial charge in [-0.2, -0.15) is 11.3 Å². The van der Waals surface area contributed by atoms with Gasteiger partial charge in [0.1, 0.15) is 0 Å². The van der Waals surface area contributed by atoms with Gasteiger partial charge in [-0.1, -0.05) is 12.1 Å². The van der Waals surface area contributed by atoms with Gasteiger partial charge in [0.05, 0.1) is 0 Å². The van der Waals surface area contributed by atoms with Crippen molar-refractivity contribution in [3.05, 3.63) is 22.9 Å². The van der Waals surface area contributed by atoms with Crippen molar-refractivity contribution >= 4 is 17.3 Å². The van der Waals surface area contributed by atoms with Crippen molar-refractivity contribution in [2.24, 2.45) is 0 Å². The summed E-state index contributed by atoms with van der Waals surface area (Å²) in [6.07, 6.45) is 0. The van der Waals surface area contributed by atoms with E-state index < -0.39 is 5.97 Å². The molecular weight excluding hydrogens is 182 g/mol. The molecule has 0 aliphatic heterocycles. The number of carboxylic acid groups (broad SMARTS) is 1. The molecule has 1 N–H and O–H groups in total. The smallest absolute Gasteiger partial charge is 1.00 e. The van der Waals surface area contributed by atoms with Crippen LogP contribution < -0.4 is 59.1 Å². The molecule has 1 rings (SSSR count). The van der Waals surface area contributed by atoms with Crippen LogP contribution in [-0.4, -0.2) is 11.1 Å². The van der Waals surface area contributed by atoms with Crippen molar-refractivity contribution in [3.8, 4) is 0 Å². The maximum atomic E-state index is 9.00. The number of carboxylic acids is 1.